The lowest BCUT2D eigenvalue weighted by Crippen LogP contribution is -2.34. The van der Waals surface area contributed by atoms with Crippen molar-refractivity contribution in [2.45, 2.75) is 6.61 Å². The van der Waals surface area contributed by atoms with Crippen molar-refractivity contribution in [1.29, 1.82) is 0 Å². The number of hydrogen-bond acceptors (Lipinski definition) is 8. The van der Waals surface area contributed by atoms with Gasteiger partial charge in [0, 0.05) is 23.1 Å². The molecule has 0 aliphatic heterocycles. The third-order valence-corrected chi connectivity index (χ3v) is 7.03. The number of carbonyl (C=O) groups is 1. The number of aromatic amines is 1. The molecule has 2 aromatic carbocycles. The second-order valence-corrected chi connectivity index (χ2v) is 8.82. The van der Waals surface area contributed by atoms with E-state index in [0.29, 0.717) is 4.57 Å². The Morgan fingerprint density at radius 2 is 2.06 bits per heavy atom. The molecule has 172 valence electrons. The van der Waals surface area contributed by atoms with Crippen molar-refractivity contribution in [3.63, 3.8) is 0 Å². The molecular formula is C22H14FN3O6S2. The molecule has 0 saturated carbocycles. The summed E-state index contributed by atoms with van der Waals surface area (Å²) >= 11 is 2.24. The van der Waals surface area contributed by atoms with Gasteiger partial charge in [-0.05, 0) is 6.07 Å². The number of nitrogens with one attached hydrogen (secondary N) is 1. The minimum Gasteiger partial charge on any atom is -0.493 e. The molecule has 5 aromatic rings. The molecule has 2 N–H and O–H groups in total. The number of aromatic nitrogens is 3. The molecule has 0 bridgehead atoms. The van der Waals surface area contributed by atoms with Crippen LogP contribution in [0.2, 0.25) is 0 Å². The third kappa shape index (κ3) is 3.53. The predicted octanol–water partition coefficient (Wildman–Crippen LogP) is 3.78. The number of aromatic carboxylic acids is 1. The molecule has 3 aromatic heterocycles. The molecule has 0 saturated heterocycles. The van der Waals surface area contributed by atoms with Crippen LogP contribution in [-0.4, -0.2) is 32.7 Å². The number of halogens is 1. The average Bonchev–Trinajstić information content (AvgIpc) is 3.46. The normalized spacial score (nSPS) is 11.2. The molecular weight excluding hydrogens is 485 g/mol. The Kier molecular flexibility index (Phi) is 5.38. The number of rotatable bonds is 6. The van der Waals surface area contributed by atoms with Gasteiger partial charge in [-0.25, -0.2) is 23.5 Å². The monoisotopic (exact) mass is 499 g/mol. The standard InChI is InChI=1S/C22H14FN3O6S2/c1-31-15-5-11(23)14(6-16(15)32-7-10-3-2-4-12-18(10)34-9-24-12)26-20(27)17-13(25-22(26)30)8-33-19(17)21(28)29/h2-6,8-9H,7H2,1H3,(H,25,30)(H,28,29). The maximum Gasteiger partial charge on any atom is 0.346 e. The Hall–Kier alpha value is -4.03. The number of thiazole rings is 1. The zero-order valence-corrected chi connectivity index (χ0v) is 19.0. The Labute approximate surface area is 197 Å². The SMILES string of the molecule is COc1cc(F)c(-n2c(=O)[nH]c3csc(C(=O)O)c3c2=O)cc1OCc1cccc2ncsc12. The predicted molar refractivity (Wildman–Crippen MR) is 125 cm³/mol. The molecule has 5 rings (SSSR count). The van der Waals surface area contributed by atoms with Gasteiger partial charge in [0.2, 0.25) is 0 Å². The number of fused-ring (bicyclic) bond motifs is 2. The van der Waals surface area contributed by atoms with Crippen molar-refractivity contribution in [3.05, 3.63) is 78.3 Å². The summed E-state index contributed by atoms with van der Waals surface area (Å²) in [5.74, 6) is -2.10. The number of benzene rings is 2. The lowest BCUT2D eigenvalue weighted by molar-refractivity contribution is 0.0704. The first kappa shape index (κ1) is 21.8. The van der Waals surface area contributed by atoms with Gasteiger partial charge in [0.15, 0.2) is 17.3 Å². The Morgan fingerprint density at radius 3 is 2.82 bits per heavy atom. The minimum absolute atomic E-state index is 0.0602. The van der Waals surface area contributed by atoms with Gasteiger partial charge < -0.3 is 19.6 Å². The zero-order chi connectivity index (χ0) is 24.0. The fraction of sp³-hybridized carbons (Fsp3) is 0.0909. The van der Waals surface area contributed by atoms with Crippen LogP contribution in [0.25, 0.3) is 26.8 Å². The highest BCUT2D eigenvalue weighted by Crippen LogP contribution is 2.33. The lowest BCUT2D eigenvalue weighted by atomic mass is 10.2. The second kappa shape index (κ2) is 8.39. The van der Waals surface area contributed by atoms with Crippen molar-refractivity contribution in [1.82, 2.24) is 14.5 Å². The Morgan fingerprint density at radius 1 is 1.24 bits per heavy atom. The van der Waals surface area contributed by atoms with Crippen LogP contribution in [-0.2, 0) is 6.61 Å². The summed E-state index contributed by atoms with van der Waals surface area (Å²) in [5.41, 5.74) is 1.16. The van der Waals surface area contributed by atoms with E-state index < -0.39 is 28.7 Å². The van der Waals surface area contributed by atoms with Crippen molar-refractivity contribution < 1.29 is 23.8 Å². The summed E-state index contributed by atoms with van der Waals surface area (Å²) in [4.78, 5) is 43.7. The number of carboxylic acids is 1. The van der Waals surface area contributed by atoms with Crippen molar-refractivity contribution >= 4 is 49.8 Å². The highest BCUT2D eigenvalue weighted by Gasteiger charge is 2.22. The fourth-order valence-electron chi connectivity index (χ4n) is 3.60. The topological polar surface area (TPSA) is 124 Å². The van der Waals surface area contributed by atoms with E-state index in [4.69, 9.17) is 9.47 Å². The van der Waals surface area contributed by atoms with Gasteiger partial charge in [-0.15, -0.1) is 22.7 Å². The van der Waals surface area contributed by atoms with Crippen molar-refractivity contribution in [3.8, 4) is 17.2 Å². The number of ether oxygens (including phenoxy) is 2. The van der Waals surface area contributed by atoms with E-state index >= 15 is 4.39 Å². The summed E-state index contributed by atoms with van der Waals surface area (Å²) < 4.78 is 27.6. The zero-order valence-electron chi connectivity index (χ0n) is 17.3. The van der Waals surface area contributed by atoms with Gasteiger partial charge >= 0.3 is 11.7 Å². The molecule has 0 fully saturated rings. The van der Waals surface area contributed by atoms with Crippen molar-refractivity contribution in [2.24, 2.45) is 0 Å². The molecule has 9 nitrogen and oxygen atoms in total. The number of hydrogen-bond donors (Lipinski definition) is 2. The van der Waals surface area contributed by atoms with Crippen LogP contribution in [0, 0.1) is 5.82 Å². The van der Waals surface area contributed by atoms with Crippen LogP contribution in [0.3, 0.4) is 0 Å². The van der Waals surface area contributed by atoms with Crippen LogP contribution in [0.1, 0.15) is 15.2 Å². The smallest absolute Gasteiger partial charge is 0.346 e. The maximum absolute atomic E-state index is 15.0. The second-order valence-electron chi connectivity index (χ2n) is 7.09. The van der Waals surface area contributed by atoms with E-state index in [9.17, 15) is 19.5 Å². The summed E-state index contributed by atoms with van der Waals surface area (Å²) in [5, 5.41) is 10.5. The van der Waals surface area contributed by atoms with Crippen LogP contribution >= 0.6 is 22.7 Å². The Bertz CT molecular complexity index is 1700. The van der Waals surface area contributed by atoms with E-state index in [2.05, 4.69) is 9.97 Å². The fourth-order valence-corrected chi connectivity index (χ4v) is 5.22. The van der Waals surface area contributed by atoms with Gasteiger partial charge in [-0.3, -0.25) is 4.79 Å². The van der Waals surface area contributed by atoms with Gasteiger partial charge in [0.1, 0.15) is 11.5 Å². The van der Waals surface area contributed by atoms with Crippen LogP contribution in [0.5, 0.6) is 11.5 Å². The summed E-state index contributed by atoms with van der Waals surface area (Å²) in [6, 6.07) is 7.75. The van der Waals surface area contributed by atoms with Crippen molar-refractivity contribution in [2.75, 3.05) is 7.11 Å². The molecule has 12 heteroatoms. The summed E-state index contributed by atoms with van der Waals surface area (Å²) in [7, 11) is 1.33. The van der Waals surface area contributed by atoms with E-state index in [1.54, 1.807) is 5.51 Å². The van der Waals surface area contributed by atoms with Crippen LogP contribution in [0.15, 0.2) is 50.8 Å². The number of methoxy groups -OCH3 is 1. The summed E-state index contributed by atoms with van der Waals surface area (Å²) in [6.45, 7) is 0.0962. The van der Waals surface area contributed by atoms with Gasteiger partial charge in [-0.1, -0.05) is 12.1 Å². The molecule has 0 unspecified atom stereocenters. The molecule has 0 spiro atoms. The molecule has 0 radical (unpaired) electrons. The van der Waals surface area contributed by atoms with Crippen LogP contribution in [0.4, 0.5) is 4.39 Å². The average molecular weight is 500 g/mol. The molecule has 0 amide bonds. The first-order valence-corrected chi connectivity index (χ1v) is 11.5. The van der Waals surface area contributed by atoms with E-state index in [1.165, 1.54) is 29.9 Å². The quantitative estimate of drug-likeness (QED) is 0.364. The van der Waals surface area contributed by atoms with Gasteiger partial charge in [-0.2, -0.15) is 0 Å². The number of H-pyrrole nitrogens is 1. The lowest BCUT2D eigenvalue weighted by Gasteiger charge is -2.14. The number of carboxylic acid groups (broad SMARTS) is 1. The third-order valence-electron chi connectivity index (χ3n) is 5.14. The van der Waals surface area contributed by atoms with E-state index in [1.807, 2.05) is 18.2 Å². The molecule has 0 atom stereocenters. The molecule has 3 heterocycles. The van der Waals surface area contributed by atoms with E-state index in [-0.39, 0.29) is 33.9 Å². The molecule has 0 aliphatic rings. The highest BCUT2D eigenvalue weighted by atomic mass is 32.1. The first-order chi connectivity index (χ1) is 16.4. The number of thiophene rings is 1. The van der Waals surface area contributed by atoms with Crippen LogP contribution < -0.4 is 20.7 Å². The first-order valence-electron chi connectivity index (χ1n) is 9.70. The molecule has 0 aliphatic carbocycles. The minimum atomic E-state index is -1.33. The van der Waals surface area contributed by atoms with E-state index in [0.717, 1.165) is 33.2 Å². The summed E-state index contributed by atoms with van der Waals surface area (Å²) in [6.07, 6.45) is 0. The Balaban J connectivity index is 1.63. The highest BCUT2D eigenvalue weighted by molar-refractivity contribution is 7.17. The van der Waals surface area contributed by atoms with Gasteiger partial charge in [0.05, 0.1) is 39.4 Å². The largest absolute Gasteiger partial charge is 0.493 e. The maximum atomic E-state index is 15.0. The molecule has 34 heavy (non-hydrogen) atoms. The van der Waals surface area contributed by atoms with Gasteiger partial charge in [0.25, 0.3) is 5.56 Å². The number of nitrogens with zero attached hydrogens (tertiary/aromatic N) is 2.